The number of anilines is 1. The summed E-state index contributed by atoms with van der Waals surface area (Å²) in [7, 11) is -1.25. The number of hydrogen-bond donors (Lipinski definition) is 1. The molecular formula is C33H43ClN8O3Si. The molecule has 11 nitrogen and oxygen atoms in total. The van der Waals surface area contributed by atoms with Crippen LogP contribution in [0.5, 0.6) is 0 Å². The predicted molar refractivity (Wildman–Crippen MR) is 183 cm³/mol. The van der Waals surface area contributed by atoms with Gasteiger partial charge in [0.1, 0.15) is 30.2 Å². The fourth-order valence-corrected chi connectivity index (χ4v) is 7.68. The molecule has 2 bridgehead atoms. The summed E-state index contributed by atoms with van der Waals surface area (Å²) in [6.45, 7) is 13.9. The fourth-order valence-electron chi connectivity index (χ4n) is 6.61. The van der Waals surface area contributed by atoms with E-state index in [2.05, 4.69) is 41.0 Å². The minimum atomic E-state index is -1.25. The molecule has 0 spiro atoms. The van der Waals surface area contributed by atoms with Gasteiger partial charge in [0.15, 0.2) is 5.65 Å². The molecule has 3 aromatic heterocycles. The van der Waals surface area contributed by atoms with Gasteiger partial charge in [-0.25, -0.2) is 14.8 Å². The number of alkyl carbamates (subject to hydrolysis) is 1. The van der Waals surface area contributed by atoms with Gasteiger partial charge in [-0.05, 0) is 58.6 Å². The third kappa shape index (κ3) is 6.87. The number of aromatic nitrogens is 5. The van der Waals surface area contributed by atoms with Crippen LogP contribution in [0.25, 0.3) is 33.2 Å². The Labute approximate surface area is 275 Å². The Morgan fingerprint density at radius 3 is 2.57 bits per heavy atom. The van der Waals surface area contributed by atoms with Crippen molar-refractivity contribution in [2.45, 2.75) is 109 Å². The summed E-state index contributed by atoms with van der Waals surface area (Å²) in [6.07, 6.45) is 9.08. The number of rotatable bonds is 9. The van der Waals surface area contributed by atoms with Gasteiger partial charge in [-0.2, -0.15) is 10.4 Å². The molecule has 2 aliphatic rings. The lowest BCUT2D eigenvalue weighted by Crippen LogP contribution is -2.51. The summed E-state index contributed by atoms with van der Waals surface area (Å²) in [5.74, 6) is 0.836. The van der Waals surface area contributed by atoms with Crippen LogP contribution in [0.4, 0.5) is 10.6 Å². The smallest absolute Gasteiger partial charge is 0.407 e. The van der Waals surface area contributed by atoms with Crippen LogP contribution in [-0.2, 0) is 22.7 Å². The van der Waals surface area contributed by atoms with Crippen LogP contribution >= 0.6 is 11.6 Å². The Bertz CT molecular complexity index is 1790. The van der Waals surface area contributed by atoms with Crippen LogP contribution in [0.15, 0.2) is 30.7 Å². The number of carbonyl (C=O) groups excluding carboxylic acids is 1. The van der Waals surface area contributed by atoms with Crippen molar-refractivity contribution in [1.82, 2.24) is 29.6 Å². The molecule has 3 atom stereocenters. The lowest BCUT2D eigenvalue weighted by atomic mass is 9.97. The van der Waals surface area contributed by atoms with Crippen LogP contribution in [-0.4, -0.2) is 68.8 Å². The van der Waals surface area contributed by atoms with Gasteiger partial charge in [0.05, 0.1) is 22.8 Å². The molecule has 5 heterocycles. The molecule has 1 unspecified atom stereocenters. The first-order valence-electron chi connectivity index (χ1n) is 16.0. The number of piperidine rings is 1. The summed E-state index contributed by atoms with van der Waals surface area (Å²) in [5, 5.41) is 18.1. The number of nitrogens with zero attached hydrogens (tertiary/aromatic N) is 7. The summed E-state index contributed by atoms with van der Waals surface area (Å²) in [4.78, 5) is 25.1. The molecule has 2 aliphatic heterocycles. The molecule has 0 radical (unpaired) electrons. The molecule has 244 valence electrons. The Balaban J connectivity index is 1.31. The van der Waals surface area contributed by atoms with Crippen LogP contribution in [0, 0.1) is 11.3 Å². The third-order valence-electron chi connectivity index (χ3n) is 8.69. The number of ether oxygens (including phenoxy) is 2. The van der Waals surface area contributed by atoms with E-state index in [0.717, 1.165) is 70.7 Å². The van der Waals surface area contributed by atoms with Gasteiger partial charge in [-0.1, -0.05) is 37.3 Å². The van der Waals surface area contributed by atoms with Gasteiger partial charge < -0.3 is 24.3 Å². The minimum absolute atomic E-state index is 0.0603. The minimum Gasteiger partial charge on any atom is -0.444 e. The molecular weight excluding hydrogens is 620 g/mol. The molecule has 2 fully saturated rings. The first-order chi connectivity index (χ1) is 21.8. The molecule has 13 heteroatoms. The Morgan fingerprint density at radius 1 is 1.15 bits per heavy atom. The number of carbonyl (C=O) groups is 1. The first-order valence-corrected chi connectivity index (χ1v) is 20.1. The van der Waals surface area contributed by atoms with E-state index in [1.165, 1.54) is 0 Å². The average molecular weight is 663 g/mol. The number of halogens is 1. The van der Waals surface area contributed by atoms with E-state index in [0.29, 0.717) is 18.4 Å². The van der Waals surface area contributed by atoms with E-state index in [4.69, 9.17) is 36.3 Å². The second kappa shape index (κ2) is 12.5. The lowest BCUT2D eigenvalue weighted by molar-refractivity contribution is 0.0492. The Hall–Kier alpha value is -3.66. The quantitative estimate of drug-likeness (QED) is 0.151. The van der Waals surface area contributed by atoms with Gasteiger partial charge in [-0.3, -0.25) is 4.68 Å². The molecule has 46 heavy (non-hydrogen) atoms. The lowest BCUT2D eigenvalue weighted by Gasteiger charge is -2.39. The second-order valence-electron chi connectivity index (χ2n) is 14.7. The van der Waals surface area contributed by atoms with E-state index in [9.17, 15) is 4.79 Å². The maximum atomic E-state index is 12.5. The van der Waals surface area contributed by atoms with Crippen molar-refractivity contribution in [1.29, 1.82) is 5.26 Å². The average Bonchev–Trinajstić information content (AvgIpc) is 3.62. The Morgan fingerprint density at radius 2 is 1.89 bits per heavy atom. The topological polar surface area (TPSA) is 123 Å². The molecule has 0 aliphatic carbocycles. The van der Waals surface area contributed by atoms with Gasteiger partial charge in [0.25, 0.3) is 0 Å². The number of fused-ring (bicyclic) bond motifs is 4. The number of benzene rings is 1. The molecule has 6 rings (SSSR count). The van der Waals surface area contributed by atoms with Crippen molar-refractivity contribution in [2.75, 3.05) is 11.5 Å². The van der Waals surface area contributed by atoms with E-state index in [1.807, 2.05) is 56.1 Å². The summed E-state index contributed by atoms with van der Waals surface area (Å²) in [5.41, 5.74) is 3.38. The van der Waals surface area contributed by atoms with Crippen molar-refractivity contribution in [2.24, 2.45) is 0 Å². The summed E-state index contributed by atoms with van der Waals surface area (Å²) < 4.78 is 15.3. The summed E-state index contributed by atoms with van der Waals surface area (Å²) in [6, 6.07) is 7.65. The summed E-state index contributed by atoms with van der Waals surface area (Å²) >= 11 is 6.99. The molecule has 0 saturated carbocycles. The predicted octanol–water partition coefficient (Wildman–Crippen LogP) is 6.96. The zero-order chi connectivity index (χ0) is 32.8. The Kier molecular flexibility index (Phi) is 8.78. The van der Waals surface area contributed by atoms with Crippen LogP contribution in [0.3, 0.4) is 0 Å². The highest BCUT2D eigenvalue weighted by Crippen LogP contribution is 2.41. The van der Waals surface area contributed by atoms with Crippen molar-refractivity contribution >= 4 is 53.7 Å². The maximum Gasteiger partial charge on any atom is 0.407 e. The van der Waals surface area contributed by atoms with E-state index < -0.39 is 13.7 Å². The normalized spacial score (nSPS) is 20.0. The number of nitriles is 1. The highest BCUT2D eigenvalue weighted by molar-refractivity contribution is 6.76. The molecule has 1 amide bonds. The van der Waals surface area contributed by atoms with Crippen molar-refractivity contribution in [3.8, 4) is 17.2 Å². The van der Waals surface area contributed by atoms with E-state index in [1.54, 1.807) is 4.68 Å². The molecule has 1 aromatic carbocycles. The van der Waals surface area contributed by atoms with Gasteiger partial charge in [0.2, 0.25) is 0 Å². The third-order valence-corrected chi connectivity index (χ3v) is 10.8. The molecule has 4 aromatic rings. The highest BCUT2D eigenvalue weighted by Gasteiger charge is 2.42. The van der Waals surface area contributed by atoms with Crippen molar-refractivity contribution in [3.05, 3.63) is 35.7 Å². The maximum absolute atomic E-state index is 12.5. The van der Waals surface area contributed by atoms with Gasteiger partial charge >= 0.3 is 6.09 Å². The first kappa shape index (κ1) is 32.3. The van der Waals surface area contributed by atoms with Crippen LogP contribution < -0.4 is 10.2 Å². The zero-order valence-electron chi connectivity index (χ0n) is 27.5. The molecule has 2 saturated heterocycles. The van der Waals surface area contributed by atoms with Crippen LogP contribution in [0.1, 0.15) is 46.5 Å². The van der Waals surface area contributed by atoms with Gasteiger partial charge in [-0.15, -0.1) is 0 Å². The SMILES string of the molecule is CC(C)(C)OC(=O)NC1C[C@H]2CC[C@@H](C1)N2c1cnc2c(-c3ccc4nn(CC#N)cc4c3Cl)cn(COCC[Si](C)(C)C)c2n1. The second-order valence-corrected chi connectivity index (χ2v) is 20.7. The molecule has 1 N–H and O–H groups in total. The van der Waals surface area contributed by atoms with Crippen molar-refractivity contribution < 1.29 is 14.3 Å². The van der Waals surface area contributed by atoms with Gasteiger partial charge in [0, 0.05) is 61.7 Å². The monoisotopic (exact) mass is 662 g/mol. The van der Waals surface area contributed by atoms with Crippen LogP contribution in [0.2, 0.25) is 30.7 Å². The zero-order valence-corrected chi connectivity index (χ0v) is 29.3. The van der Waals surface area contributed by atoms with E-state index in [-0.39, 0.29) is 30.8 Å². The standard InChI is InChI=1S/C33H43ClN8O3Si/c1-33(2,3)45-32(43)37-21-15-22-7-8-23(16-21)42(22)28-17-36-30-25(18-40(31(30)38-28)20-44-13-14-46(4,5)6)24-9-10-27-26(29(24)34)19-41(39-27)12-11-35/h9-10,17-19,21-23H,7-8,12-16,20H2,1-6H3,(H,37,43)/t21?,22-,23+. The fraction of sp³-hybridized carbons (Fsp3) is 0.545. The number of nitrogens with one attached hydrogen (secondary N) is 1. The van der Waals surface area contributed by atoms with E-state index >= 15 is 0 Å². The largest absolute Gasteiger partial charge is 0.444 e. The number of amides is 1. The van der Waals surface area contributed by atoms with Crippen molar-refractivity contribution in [3.63, 3.8) is 0 Å². The highest BCUT2D eigenvalue weighted by atomic mass is 35.5. The number of hydrogen-bond acceptors (Lipinski definition) is 8.